The van der Waals surface area contributed by atoms with Crippen molar-refractivity contribution in [1.29, 1.82) is 5.26 Å². The molecule has 1 spiro atoms. The quantitative estimate of drug-likeness (QED) is 0.567. The second kappa shape index (κ2) is 8.80. The summed E-state index contributed by atoms with van der Waals surface area (Å²) in [6, 6.07) is 8.13. The Morgan fingerprint density at radius 2 is 2.08 bits per heavy atom. The van der Waals surface area contributed by atoms with Crippen molar-refractivity contribution in [2.45, 2.75) is 37.1 Å². The number of carbonyl (C=O) groups excluding carboxylic acids is 4. The highest BCUT2D eigenvalue weighted by Crippen LogP contribution is 2.55. The number of benzene rings is 1. The zero-order chi connectivity index (χ0) is 25.6. The van der Waals surface area contributed by atoms with Gasteiger partial charge in [0.05, 0.1) is 31.5 Å². The lowest BCUT2D eigenvalue weighted by Gasteiger charge is -2.39. The zero-order valence-electron chi connectivity index (χ0n) is 19.7. The van der Waals surface area contributed by atoms with Gasteiger partial charge in [0, 0.05) is 31.5 Å². The van der Waals surface area contributed by atoms with Gasteiger partial charge in [0.15, 0.2) is 5.78 Å². The van der Waals surface area contributed by atoms with Gasteiger partial charge in [-0.1, -0.05) is 18.2 Å². The van der Waals surface area contributed by atoms with Crippen molar-refractivity contribution < 1.29 is 28.7 Å². The maximum absolute atomic E-state index is 14.4. The number of allylic oxidation sites excluding steroid dienone is 1. The molecule has 1 aromatic carbocycles. The molecule has 1 aliphatic carbocycles. The third-order valence-corrected chi connectivity index (χ3v) is 7.22. The Bertz CT molecular complexity index is 1290. The van der Waals surface area contributed by atoms with Crippen LogP contribution in [0.15, 0.2) is 47.1 Å². The van der Waals surface area contributed by atoms with E-state index in [-0.39, 0.29) is 48.2 Å². The van der Waals surface area contributed by atoms with Crippen molar-refractivity contribution in [2.24, 2.45) is 5.73 Å². The van der Waals surface area contributed by atoms with Crippen LogP contribution in [0, 0.1) is 11.3 Å². The summed E-state index contributed by atoms with van der Waals surface area (Å²) in [4.78, 5) is 55.5. The number of anilines is 1. The Kier molecular flexibility index (Phi) is 5.76. The molecule has 36 heavy (non-hydrogen) atoms. The number of hydrogen-bond acceptors (Lipinski definition) is 9. The van der Waals surface area contributed by atoms with Crippen LogP contribution in [0.3, 0.4) is 0 Å². The predicted octanol–water partition coefficient (Wildman–Crippen LogP) is 0.323. The van der Waals surface area contributed by atoms with Crippen LogP contribution in [-0.2, 0) is 34.1 Å². The van der Waals surface area contributed by atoms with Crippen molar-refractivity contribution in [3.8, 4) is 6.07 Å². The Morgan fingerprint density at radius 3 is 2.83 bits per heavy atom. The summed E-state index contributed by atoms with van der Waals surface area (Å²) >= 11 is 0. The highest BCUT2D eigenvalue weighted by Gasteiger charge is 2.62. The van der Waals surface area contributed by atoms with Crippen molar-refractivity contribution in [3.63, 3.8) is 0 Å². The van der Waals surface area contributed by atoms with Gasteiger partial charge in [0.25, 0.3) is 0 Å². The summed E-state index contributed by atoms with van der Waals surface area (Å²) in [5, 5.41) is 12.9. The van der Waals surface area contributed by atoms with Crippen LogP contribution >= 0.6 is 0 Å². The second-order valence-electron chi connectivity index (χ2n) is 9.07. The average Bonchev–Trinajstić information content (AvgIpc) is 3.09. The first-order valence-electron chi connectivity index (χ1n) is 11.7. The molecule has 1 aromatic rings. The van der Waals surface area contributed by atoms with Gasteiger partial charge in [-0.15, -0.1) is 0 Å². The van der Waals surface area contributed by atoms with Crippen molar-refractivity contribution >= 4 is 29.3 Å². The minimum Gasteiger partial charge on any atom is -0.469 e. The summed E-state index contributed by atoms with van der Waals surface area (Å²) in [5.74, 6) is -1.56. The lowest BCUT2D eigenvalue weighted by molar-refractivity contribution is -0.146. The summed E-state index contributed by atoms with van der Waals surface area (Å²) in [6.45, 7) is 0.678. The number of nitrogens with one attached hydrogen (secondary N) is 1. The van der Waals surface area contributed by atoms with Crippen molar-refractivity contribution in [3.05, 3.63) is 52.6 Å². The molecular weight excluding hydrogens is 466 g/mol. The van der Waals surface area contributed by atoms with E-state index < -0.39 is 23.3 Å². The summed E-state index contributed by atoms with van der Waals surface area (Å²) in [6.07, 6.45) is 1.02. The minimum absolute atomic E-state index is 0.0387. The van der Waals surface area contributed by atoms with Crippen LogP contribution in [0.4, 0.5) is 5.69 Å². The lowest BCUT2D eigenvalue weighted by atomic mass is 9.65. The van der Waals surface area contributed by atoms with E-state index in [1.165, 1.54) is 12.0 Å². The van der Waals surface area contributed by atoms with Crippen molar-refractivity contribution in [2.75, 3.05) is 31.8 Å². The summed E-state index contributed by atoms with van der Waals surface area (Å²) < 4.78 is 10.5. The number of ketones is 1. The molecule has 0 saturated carbocycles. The number of ether oxygens (including phenoxy) is 2. The van der Waals surface area contributed by atoms with Gasteiger partial charge < -0.3 is 20.5 Å². The van der Waals surface area contributed by atoms with Crippen LogP contribution in [0.1, 0.15) is 31.2 Å². The van der Waals surface area contributed by atoms with E-state index in [0.29, 0.717) is 42.9 Å². The van der Waals surface area contributed by atoms with Crippen molar-refractivity contribution in [1.82, 2.24) is 10.2 Å². The van der Waals surface area contributed by atoms with Gasteiger partial charge in [-0.25, -0.2) is 0 Å². The topological polar surface area (TPSA) is 155 Å². The van der Waals surface area contributed by atoms with E-state index >= 15 is 0 Å². The largest absolute Gasteiger partial charge is 0.469 e. The average molecular weight is 492 g/mol. The number of para-hydroxylation sites is 1. The maximum atomic E-state index is 14.4. The second-order valence-corrected chi connectivity index (χ2v) is 9.07. The third kappa shape index (κ3) is 3.29. The monoisotopic (exact) mass is 491 g/mol. The molecule has 11 nitrogen and oxygen atoms in total. The Morgan fingerprint density at radius 1 is 1.31 bits per heavy atom. The van der Waals surface area contributed by atoms with Gasteiger partial charge in [0.2, 0.25) is 17.7 Å². The van der Waals surface area contributed by atoms with Gasteiger partial charge in [-0.2, -0.15) is 5.26 Å². The number of rotatable bonds is 4. The molecule has 3 heterocycles. The molecular formula is C25H25N5O6. The van der Waals surface area contributed by atoms with Gasteiger partial charge in [-0.05, 0) is 12.5 Å². The molecule has 186 valence electrons. The smallest absolute Gasteiger partial charge is 0.307 e. The minimum atomic E-state index is -1.73. The predicted molar refractivity (Wildman–Crippen MR) is 124 cm³/mol. The summed E-state index contributed by atoms with van der Waals surface area (Å²) in [7, 11) is 1.25. The SMILES string of the molecule is COC(=O)C[C@H]1C(=O)NCCN1CN1C(=O)[C@]2(C(C#N)=C(N)OC3=C2C(=O)CCC3)c2ccccc21. The lowest BCUT2D eigenvalue weighted by Crippen LogP contribution is -2.59. The fourth-order valence-corrected chi connectivity index (χ4v) is 5.62. The number of fused-ring (bicyclic) bond motifs is 3. The van der Waals surface area contributed by atoms with E-state index in [9.17, 15) is 24.4 Å². The molecule has 1 saturated heterocycles. The maximum Gasteiger partial charge on any atom is 0.307 e. The number of nitrogens with zero attached hydrogens (tertiary/aromatic N) is 3. The van der Waals surface area contributed by atoms with Crippen LogP contribution in [0.2, 0.25) is 0 Å². The Labute approximate surface area is 207 Å². The molecule has 3 N–H and O–H groups in total. The first-order valence-corrected chi connectivity index (χ1v) is 11.7. The number of nitrogens with two attached hydrogens (primary N) is 1. The molecule has 1 fully saturated rings. The molecule has 0 bridgehead atoms. The van der Waals surface area contributed by atoms with Crippen LogP contribution in [-0.4, -0.2) is 61.4 Å². The molecule has 11 heteroatoms. The molecule has 2 amide bonds. The van der Waals surface area contributed by atoms with Crippen LogP contribution < -0.4 is 16.0 Å². The first kappa shape index (κ1) is 23.6. The molecule has 4 aliphatic rings. The highest BCUT2D eigenvalue weighted by molar-refractivity contribution is 6.20. The van der Waals surface area contributed by atoms with E-state index in [2.05, 4.69) is 5.32 Å². The molecule has 0 radical (unpaired) electrons. The fourth-order valence-electron chi connectivity index (χ4n) is 5.62. The van der Waals surface area contributed by atoms with Gasteiger partial charge in [0.1, 0.15) is 28.9 Å². The van der Waals surface area contributed by atoms with E-state index in [0.717, 1.165) is 0 Å². The number of hydrogen-bond donors (Lipinski definition) is 2. The standard InChI is InChI=1S/C25H25N5O6/c1-35-20(32)11-17-23(33)28-9-10-29(17)13-30-16-6-3-2-5-14(16)25(24(30)34)15(12-26)22(27)36-19-8-4-7-18(31)21(19)25/h2-3,5-6,17H,4,7-11,13,27H2,1H3,(H,28,33)/t17-,25-/m0/s1. The van der Waals surface area contributed by atoms with Crippen LogP contribution in [0.25, 0.3) is 0 Å². The number of Topliss-reactive ketones (excluding diaryl/α,β-unsaturated/α-hetero) is 1. The van der Waals surface area contributed by atoms with Gasteiger partial charge >= 0.3 is 5.97 Å². The zero-order valence-corrected chi connectivity index (χ0v) is 19.7. The number of nitriles is 1. The molecule has 2 atom stereocenters. The number of piperazine rings is 1. The highest BCUT2D eigenvalue weighted by atomic mass is 16.5. The van der Waals surface area contributed by atoms with E-state index in [4.69, 9.17) is 15.2 Å². The first-order chi connectivity index (χ1) is 17.3. The Hall–Kier alpha value is -4.17. The van der Waals surface area contributed by atoms with E-state index in [1.54, 1.807) is 29.2 Å². The number of methoxy groups -OCH3 is 1. The number of esters is 1. The number of amides is 2. The number of carbonyl (C=O) groups is 4. The molecule has 0 unspecified atom stereocenters. The molecule has 5 rings (SSSR count). The molecule has 0 aromatic heterocycles. The normalized spacial score (nSPS) is 25.8. The third-order valence-electron chi connectivity index (χ3n) is 7.22. The molecule has 3 aliphatic heterocycles. The summed E-state index contributed by atoms with van der Waals surface area (Å²) in [5.41, 5.74) is 5.43. The van der Waals surface area contributed by atoms with Crippen LogP contribution in [0.5, 0.6) is 0 Å². The van der Waals surface area contributed by atoms with Gasteiger partial charge in [-0.3, -0.25) is 29.0 Å². The van der Waals surface area contributed by atoms with E-state index in [1.807, 2.05) is 6.07 Å². The fraction of sp³-hybridized carbons (Fsp3) is 0.400. The Balaban J connectivity index is 1.64.